The molecule has 2 atom stereocenters. The van der Waals surface area contributed by atoms with E-state index < -0.39 is 6.10 Å². The zero-order valence-electron chi connectivity index (χ0n) is 12.8. The summed E-state index contributed by atoms with van der Waals surface area (Å²) in [7, 11) is 1.68. The molecule has 2 rings (SSSR count). The second kappa shape index (κ2) is 7.29. The molecule has 0 saturated heterocycles. The van der Waals surface area contributed by atoms with Crippen molar-refractivity contribution in [2.45, 2.75) is 32.4 Å². The average molecular weight is 289 g/mol. The molecule has 0 aliphatic carbocycles. The number of aryl methyl sites for hydroxylation is 1. The molecule has 0 saturated carbocycles. The van der Waals surface area contributed by atoms with Crippen LogP contribution in [0.15, 0.2) is 41.0 Å². The van der Waals surface area contributed by atoms with Crippen LogP contribution in [0.5, 0.6) is 5.75 Å². The summed E-state index contributed by atoms with van der Waals surface area (Å²) < 4.78 is 10.7. The highest BCUT2D eigenvalue weighted by Gasteiger charge is 2.17. The standard InChI is InChI=1S/C17H23NO3/c1-4-14(13-10-12(2)7-8-16(13)20-3)18-11-15(19)17-6-5-9-21-17/h5-10,14-15,18-19H,4,11H2,1-3H3. The number of benzene rings is 1. The predicted octanol–water partition coefficient (Wildman–Crippen LogP) is 3.37. The molecule has 4 nitrogen and oxygen atoms in total. The van der Waals surface area contributed by atoms with Crippen molar-refractivity contribution in [3.8, 4) is 5.75 Å². The summed E-state index contributed by atoms with van der Waals surface area (Å²) in [5.41, 5.74) is 2.31. The molecule has 1 aromatic heterocycles. The molecular weight excluding hydrogens is 266 g/mol. The van der Waals surface area contributed by atoms with Crippen molar-refractivity contribution in [2.75, 3.05) is 13.7 Å². The van der Waals surface area contributed by atoms with Crippen molar-refractivity contribution >= 4 is 0 Å². The second-order valence-corrected chi connectivity index (χ2v) is 5.15. The molecule has 0 radical (unpaired) electrons. The maximum absolute atomic E-state index is 10.1. The Balaban J connectivity index is 2.08. The third-order valence-corrected chi connectivity index (χ3v) is 3.60. The summed E-state index contributed by atoms with van der Waals surface area (Å²) >= 11 is 0. The van der Waals surface area contributed by atoms with Crippen LogP contribution in [-0.2, 0) is 0 Å². The molecule has 2 aromatic rings. The van der Waals surface area contributed by atoms with E-state index in [4.69, 9.17) is 9.15 Å². The van der Waals surface area contributed by atoms with Crippen molar-refractivity contribution in [2.24, 2.45) is 0 Å². The maximum atomic E-state index is 10.1. The van der Waals surface area contributed by atoms with Crippen LogP contribution in [0.1, 0.15) is 42.4 Å². The highest BCUT2D eigenvalue weighted by Crippen LogP contribution is 2.28. The van der Waals surface area contributed by atoms with Crippen molar-refractivity contribution < 1.29 is 14.3 Å². The van der Waals surface area contributed by atoms with E-state index in [2.05, 4.69) is 25.2 Å². The minimum Gasteiger partial charge on any atom is -0.496 e. The van der Waals surface area contributed by atoms with E-state index >= 15 is 0 Å². The Morgan fingerprint density at radius 2 is 2.14 bits per heavy atom. The van der Waals surface area contributed by atoms with Crippen molar-refractivity contribution in [3.05, 3.63) is 53.5 Å². The number of ether oxygens (including phenoxy) is 1. The van der Waals surface area contributed by atoms with Gasteiger partial charge in [0.05, 0.1) is 13.4 Å². The summed E-state index contributed by atoms with van der Waals surface area (Å²) in [5.74, 6) is 1.45. The Hall–Kier alpha value is -1.78. The lowest BCUT2D eigenvalue weighted by molar-refractivity contribution is 0.143. The van der Waals surface area contributed by atoms with Crippen LogP contribution in [0, 0.1) is 6.92 Å². The molecule has 2 N–H and O–H groups in total. The molecule has 0 bridgehead atoms. The van der Waals surface area contributed by atoms with Gasteiger partial charge in [0, 0.05) is 18.2 Å². The molecule has 0 fully saturated rings. The summed E-state index contributed by atoms with van der Waals surface area (Å²) in [6.07, 6.45) is 1.83. The molecule has 21 heavy (non-hydrogen) atoms. The lowest BCUT2D eigenvalue weighted by atomic mass is 10.0. The van der Waals surface area contributed by atoms with E-state index in [0.29, 0.717) is 12.3 Å². The minimum atomic E-state index is -0.648. The van der Waals surface area contributed by atoms with Crippen LogP contribution in [0.4, 0.5) is 0 Å². The van der Waals surface area contributed by atoms with Crippen LogP contribution in [0.2, 0.25) is 0 Å². The molecule has 2 unspecified atom stereocenters. The van der Waals surface area contributed by atoms with E-state index in [-0.39, 0.29) is 6.04 Å². The summed E-state index contributed by atoms with van der Waals surface area (Å²) in [5, 5.41) is 13.5. The van der Waals surface area contributed by atoms with Gasteiger partial charge >= 0.3 is 0 Å². The largest absolute Gasteiger partial charge is 0.496 e. The average Bonchev–Trinajstić information content (AvgIpc) is 3.02. The maximum Gasteiger partial charge on any atom is 0.133 e. The van der Waals surface area contributed by atoms with Gasteiger partial charge in [-0.2, -0.15) is 0 Å². The second-order valence-electron chi connectivity index (χ2n) is 5.15. The van der Waals surface area contributed by atoms with E-state index in [9.17, 15) is 5.11 Å². The smallest absolute Gasteiger partial charge is 0.133 e. The van der Waals surface area contributed by atoms with Gasteiger partial charge in [0.2, 0.25) is 0 Å². The van der Waals surface area contributed by atoms with Gasteiger partial charge in [-0.15, -0.1) is 0 Å². The van der Waals surface area contributed by atoms with Gasteiger partial charge < -0.3 is 19.6 Å². The highest BCUT2D eigenvalue weighted by molar-refractivity contribution is 5.39. The number of aliphatic hydroxyl groups is 1. The summed E-state index contributed by atoms with van der Waals surface area (Å²) in [6.45, 7) is 4.61. The van der Waals surface area contributed by atoms with Gasteiger partial charge in [-0.3, -0.25) is 0 Å². The zero-order valence-corrected chi connectivity index (χ0v) is 12.8. The first-order chi connectivity index (χ1) is 10.2. The molecule has 0 aliphatic rings. The fraction of sp³-hybridized carbons (Fsp3) is 0.412. The molecule has 114 valence electrons. The number of methoxy groups -OCH3 is 1. The first-order valence-electron chi connectivity index (χ1n) is 7.25. The van der Waals surface area contributed by atoms with E-state index in [0.717, 1.165) is 17.7 Å². The van der Waals surface area contributed by atoms with E-state index in [1.165, 1.54) is 5.56 Å². The van der Waals surface area contributed by atoms with Crippen LogP contribution in [0.3, 0.4) is 0 Å². The fourth-order valence-corrected chi connectivity index (χ4v) is 2.44. The fourth-order valence-electron chi connectivity index (χ4n) is 2.44. The van der Waals surface area contributed by atoms with Crippen LogP contribution < -0.4 is 10.1 Å². The summed E-state index contributed by atoms with van der Waals surface area (Å²) in [4.78, 5) is 0. The normalized spacial score (nSPS) is 13.9. The molecule has 0 spiro atoms. The Kier molecular flexibility index (Phi) is 5.42. The van der Waals surface area contributed by atoms with Crippen molar-refractivity contribution in [3.63, 3.8) is 0 Å². The SMILES string of the molecule is CCC(NCC(O)c1ccco1)c1cc(C)ccc1OC. The Morgan fingerprint density at radius 1 is 1.33 bits per heavy atom. The third-order valence-electron chi connectivity index (χ3n) is 3.60. The van der Waals surface area contributed by atoms with Crippen LogP contribution >= 0.6 is 0 Å². The summed E-state index contributed by atoms with van der Waals surface area (Å²) in [6, 6.07) is 9.83. The molecular formula is C17H23NO3. The van der Waals surface area contributed by atoms with Gasteiger partial charge in [0.25, 0.3) is 0 Å². The van der Waals surface area contributed by atoms with Crippen LogP contribution in [-0.4, -0.2) is 18.8 Å². The molecule has 1 heterocycles. The van der Waals surface area contributed by atoms with Gasteiger partial charge in [-0.25, -0.2) is 0 Å². The lowest BCUT2D eigenvalue weighted by Crippen LogP contribution is -2.26. The first kappa shape index (κ1) is 15.6. The number of aliphatic hydroxyl groups excluding tert-OH is 1. The molecule has 0 aliphatic heterocycles. The Morgan fingerprint density at radius 3 is 2.76 bits per heavy atom. The Bertz CT molecular complexity index is 551. The molecule has 1 aromatic carbocycles. The van der Waals surface area contributed by atoms with Crippen LogP contribution in [0.25, 0.3) is 0 Å². The monoisotopic (exact) mass is 289 g/mol. The number of hydrogen-bond donors (Lipinski definition) is 2. The van der Waals surface area contributed by atoms with E-state index in [1.54, 1.807) is 25.5 Å². The number of nitrogens with one attached hydrogen (secondary N) is 1. The quantitative estimate of drug-likeness (QED) is 0.820. The molecule has 0 amide bonds. The van der Waals surface area contributed by atoms with Crippen molar-refractivity contribution in [1.29, 1.82) is 0 Å². The lowest BCUT2D eigenvalue weighted by Gasteiger charge is -2.21. The third kappa shape index (κ3) is 3.86. The number of rotatable bonds is 7. The van der Waals surface area contributed by atoms with Gasteiger partial charge in [-0.05, 0) is 31.5 Å². The number of hydrogen-bond acceptors (Lipinski definition) is 4. The predicted molar refractivity (Wildman–Crippen MR) is 82.4 cm³/mol. The molecule has 4 heteroatoms. The van der Waals surface area contributed by atoms with Gasteiger partial charge in [0.1, 0.15) is 17.6 Å². The van der Waals surface area contributed by atoms with Gasteiger partial charge in [-0.1, -0.05) is 24.6 Å². The Labute approximate surface area is 125 Å². The van der Waals surface area contributed by atoms with E-state index in [1.807, 2.05) is 12.1 Å². The van der Waals surface area contributed by atoms with Crippen molar-refractivity contribution in [1.82, 2.24) is 5.32 Å². The first-order valence-corrected chi connectivity index (χ1v) is 7.25. The zero-order chi connectivity index (χ0) is 15.2. The van der Waals surface area contributed by atoms with Gasteiger partial charge in [0.15, 0.2) is 0 Å². The topological polar surface area (TPSA) is 54.6 Å². The number of furan rings is 1. The highest BCUT2D eigenvalue weighted by atomic mass is 16.5. The minimum absolute atomic E-state index is 0.129.